The van der Waals surface area contributed by atoms with E-state index >= 15 is 0 Å². The first kappa shape index (κ1) is 12.3. The molecular weight excluding hydrogens is 263 g/mol. The number of carboxylic acid groups (broad SMARTS) is 1. The van der Waals surface area contributed by atoms with Crippen LogP contribution < -0.4 is 4.74 Å². The third-order valence-corrected chi connectivity index (χ3v) is 3.02. The lowest BCUT2D eigenvalue weighted by molar-refractivity contribution is -0.131. The molecule has 1 aliphatic heterocycles. The van der Waals surface area contributed by atoms with Crippen molar-refractivity contribution in [1.29, 1.82) is 0 Å². The van der Waals surface area contributed by atoms with Crippen molar-refractivity contribution in [2.45, 2.75) is 6.42 Å². The highest BCUT2D eigenvalue weighted by molar-refractivity contribution is 6.35. The monoisotopic (exact) mass is 272 g/mol. The third kappa shape index (κ3) is 2.93. The molecule has 3 nitrogen and oxygen atoms in total. The Morgan fingerprint density at radius 3 is 2.94 bits per heavy atom. The van der Waals surface area contributed by atoms with E-state index in [0.717, 1.165) is 11.6 Å². The molecule has 0 fully saturated rings. The molecule has 1 aromatic rings. The van der Waals surface area contributed by atoms with E-state index in [4.69, 9.17) is 33.0 Å². The summed E-state index contributed by atoms with van der Waals surface area (Å²) in [6.45, 7) is 0.429. The van der Waals surface area contributed by atoms with Gasteiger partial charge in [-0.2, -0.15) is 0 Å². The number of carboxylic acids is 1. The summed E-state index contributed by atoms with van der Waals surface area (Å²) < 4.78 is 5.52. The minimum Gasteiger partial charge on any atom is -0.491 e. The quantitative estimate of drug-likeness (QED) is 0.842. The fourth-order valence-electron chi connectivity index (χ4n) is 1.80. The van der Waals surface area contributed by atoms with Crippen LogP contribution in [-0.2, 0) is 11.2 Å². The van der Waals surface area contributed by atoms with Gasteiger partial charge in [0.25, 0.3) is 0 Å². The van der Waals surface area contributed by atoms with Gasteiger partial charge in [-0.25, -0.2) is 4.79 Å². The molecule has 0 radical (unpaired) electrons. The van der Waals surface area contributed by atoms with E-state index in [1.807, 2.05) is 0 Å². The van der Waals surface area contributed by atoms with E-state index in [0.29, 0.717) is 28.8 Å². The number of fused-ring (bicyclic) bond motifs is 1. The zero-order valence-electron chi connectivity index (χ0n) is 8.82. The van der Waals surface area contributed by atoms with Crippen LogP contribution in [0.4, 0.5) is 0 Å². The zero-order valence-corrected chi connectivity index (χ0v) is 10.3. The van der Waals surface area contributed by atoms with E-state index in [-0.39, 0.29) is 5.92 Å². The minimum absolute atomic E-state index is 0.0353. The standard InChI is InChI=1S/C12H10Cl2O3/c13-9-4-8-3-7(1-2-11(15)16)6-17-12(8)10(14)5-9/h1-2,4-5,7H,3,6H2,(H,15,16)/b2-1+. The molecule has 0 spiro atoms. The second-order valence-electron chi connectivity index (χ2n) is 3.85. The summed E-state index contributed by atoms with van der Waals surface area (Å²) in [6, 6.07) is 3.43. The molecule has 1 atom stereocenters. The predicted octanol–water partition coefficient (Wildman–Crippen LogP) is 3.19. The summed E-state index contributed by atoms with van der Waals surface area (Å²) in [7, 11) is 0. The minimum atomic E-state index is -0.958. The number of aliphatic carboxylic acids is 1. The van der Waals surface area contributed by atoms with Crippen molar-refractivity contribution in [1.82, 2.24) is 0 Å². The maximum Gasteiger partial charge on any atom is 0.327 e. The zero-order chi connectivity index (χ0) is 12.4. The van der Waals surface area contributed by atoms with Crippen LogP contribution in [-0.4, -0.2) is 17.7 Å². The van der Waals surface area contributed by atoms with Gasteiger partial charge in [-0.1, -0.05) is 29.3 Å². The number of hydrogen-bond donors (Lipinski definition) is 1. The van der Waals surface area contributed by atoms with Crippen molar-refractivity contribution < 1.29 is 14.6 Å². The van der Waals surface area contributed by atoms with Crippen LogP contribution in [0.3, 0.4) is 0 Å². The Balaban J connectivity index is 2.21. The van der Waals surface area contributed by atoms with E-state index in [2.05, 4.69) is 0 Å². The van der Waals surface area contributed by atoms with Gasteiger partial charge < -0.3 is 9.84 Å². The van der Waals surface area contributed by atoms with Crippen molar-refractivity contribution in [3.05, 3.63) is 39.9 Å². The Hall–Kier alpha value is -1.19. The van der Waals surface area contributed by atoms with Crippen molar-refractivity contribution in [2.24, 2.45) is 5.92 Å². The average Bonchev–Trinajstić information content (AvgIpc) is 2.25. The molecule has 0 aliphatic carbocycles. The summed E-state index contributed by atoms with van der Waals surface area (Å²) >= 11 is 11.9. The molecule has 0 aromatic heterocycles. The molecule has 1 aromatic carbocycles. The first-order valence-corrected chi connectivity index (χ1v) is 5.83. The maximum atomic E-state index is 10.4. The van der Waals surface area contributed by atoms with Gasteiger partial charge in [0.05, 0.1) is 11.6 Å². The summed E-state index contributed by atoms with van der Waals surface area (Å²) in [5.74, 6) is -0.274. The Morgan fingerprint density at radius 2 is 2.24 bits per heavy atom. The van der Waals surface area contributed by atoms with Crippen LogP contribution in [0.5, 0.6) is 5.75 Å². The largest absolute Gasteiger partial charge is 0.491 e. The highest BCUT2D eigenvalue weighted by atomic mass is 35.5. The van der Waals surface area contributed by atoms with Gasteiger partial charge in [0.15, 0.2) is 0 Å². The predicted molar refractivity (Wildman–Crippen MR) is 65.9 cm³/mol. The van der Waals surface area contributed by atoms with Crippen molar-refractivity contribution in [3.8, 4) is 5.75 Å². The molecule has 2 rings (SSSR count). The molecule has 1 aliphatic rings. The first-order valence-electron chi connectivity index (χ1n) is 5.08. The molecule has 5 heteroatoms. The fourth-order valence-corrected chi connectivity index (χ4v) is 2.39. The highest BCUT2D eigenvalue weighted by Gasteiger charge is 2.21. The number of benzene rings is 1. The van der Waals surface area contributed by atoms with Crippen LogP contribution in [0.15, 0.2) is 24.3 Å². The Labute approximate surface area is 109 Å². The van der Waals surface area contributed by atoms with Crippen LogP contribution in [0.1, 0.15) is 5.56 Å². The average molecular weight is 273 g/mol. The molecule has 0 saturated heterocycles. The lowest BCUT2D eigenvalue weighted by atomic mass is 9.96. The summed E-state index contributed by atoms with van der Waals surface area (Å²) in [6.07, 6.45) is 3.44. The first-order chi connectivity index (χ1) is 8.06. The molecule has 1 unspecified atom stereocenters. The van der Waals surface area contributed by atoms with Crippen molar-refractivity contribution in [3.63, 3.8) is 0 Å². The summed E-state index contributed by atoms with van der Waals surface area (Å²) in [5.41, 5.74) is 0.911. The van der Waals surface area contributed by atoms with Gasteiger partial charge >= 0.3 is 5.97 Å². The smallest absolute Gasteiger partial charge is 0.327 e. The SMILES string of the molecule is O=C(O)/C=C/C1COc2c(Cl)cc(Cl)cc2C1. The molecule has 17 heavy (non-hydrogen) atoms. The molecule has 0 saturated carbocycles. The van der Waals surface area contributed by atoms with Gasteiger partial charge in [-0.3, -0.25) is 0 Å². The maximum absolute atomic E-state index is 10.4. The van der Waals surface area contributed by atoms with Gasteiger partial charge in [0, 0.05) is 17.0 Å². The van der Waals surface area contributed by atoms with Crippen LogP contribution in [0.2, 0.25) is 10.0 Å². The van der Waals surface area contributed by atoms with Crippen molar-refractivity contribution >= 4 is 29.2 Å². The third-order valence-electron chi connectivity index (χ3n) is 2.52. The van der Waals surface area contributed by atoms with Crippen LogP contribution in [0.25, 0.3) is 0 Å². The van der Waals surface area contributed by atoms with Gasteiger partial charge in [0.1, 0.15) is 5.75 Å². The number of ether oxygens (including phenoxy) is 1. The number of rotatable bonds is 2. The number of halogens is 2. The van der Waals surface area contributed by atoms with Crippen molar-refractivity contribution in [2.75, 3.05) is 6.61 Å². The van der Waals surface area contributed by atoms with Gasteiger partial charge in [-0.05, 0) is 24.1 Å². The lowest BCUT2D eigenvalue weighted by Gasteiger charge is -2.24. The molecule has 1 N–H and O–H groups in total. The van der Waals surface area contributed by atoms with Gasteiger partial charge in [0.2, 0.25) is 0 Å². The molecule has 90 valence electrons. The number of hydrogen-bond acceptors (Lipinski definition) is 2. The lowest BCUT2D eigenvalue weighted by Crippen LogP contribution is -2.19. The second kappa shape index (κ2) is 4.98. The fraction of sp³-hybridized carbons (Fsp3) is 0.250. The summed E-state index contributed by atoms with van der Waals surface area (Å²) in [5, 5.41) is 9.61. The van der Waals surface area contributed by atoms with E-state index in [1.54, 1.807) is 18.2 Å². The molecule has 0 bridgehead atoms. The number of carbonyl (C=O) groups is 1. The van der Waals surface area contributed by atoms with E-state index < -0.39 is 5.97 Å². The Bertz CT molecular complexity index is 483. The van der Waals surface area contributed by atoms with E-state index in [9.17, 15) is 4.79 Å². The van der Waals surface area contributed by atoms with Gasteiger partial charge in [-0.15, -0.1) is 0 Å². The Kier molecular flexibility index (Phi) is 3.60. The highest BCUT2D eigenvalue weighted by Crippen LogP contribution is 2.37. The Morgan fingerprint density at radius 1 is 1.47 bits per heavy atom. The van der Waals surface area contributed by atoms with Crippen LogP contribution >= 0.6 is 23.2 Å². The molecule has 0 amide bonds. The topological polar surface area (TPSA) is 46.5 Å². The van der Waals surface area contributed by atoms with Crippen LogP contribution in [0, 0.1) is 5.92 Å². The molecule has 1 heterocycles. The van der Waals surface area contributed by atoms with E-state index in [1.165, 1.54) is 0 Å². The second-order valence-corrected chi connectivity index (χ2v) is 4.69. The molecular formula is C12H10Cl2O3. The summed E-state index contributed by atoms with van der Waals surface area (Å²) in [4.78, 5) is 10.4. The normalized spacial score (nSPS) is 18.8.